The van der Waals surface area contributed by atoms with Crippen LogP contribution >= 0.6 is 34.8 Å². The van der Waals surface area contributed by atoms with Crippen LogP contribution in [0.2, 0.25) is 15.1 Å². The number of hydrogen-bond acceptors (Lipinski definition) is 4. The molecule has 0 heterocycles. The molecule has 0 atom stereocenters. The summed E-state index contributed by atoms with van der Waals surface area (Å²) >= 11 is 18.0. The van der Waals surface area contributed by atoms with E-state index in [1.54, 1.807) is 36.4 Å². The highest BCUT2D eigenvalue weighted by molar-refractivity contribution is 6.42. The third-order valence-electron chi connectivity index (χ3n) is 4.13. The van der Waals surface area contributed by atoms with Crippen molar-refractivity contribution < 1.29 is 14.3 Å². The Morgan fingerprint density at radius 2 is 1.66 bits per heavy atom. The number of nitrogens with one attached hydrogen (secondary N) is 2. The number of amides is 2. The molecular formula is C23H18Cl3N3O3. The number of ether oxygens (including phenoxy) is 1. The first kappa shape index (κ1) is 23.6. The second kappa shape index (κ2) is 11.5. The number of nitrogens with zero attached hydrogens (tertiary/aromatic N) is 1. The van der Waals surface area contributed by atoms with Gasteiger partial charge in [0.05, 0.1) is 27.7 Å². The third kappa shape index (κ3) is 7.27. The molecule has 6 nitrogen and oxygen atoms in total. The van der Waals surface area contributed by atoms with Crippen molar-refractivity contribution in [3.63, 3.8) is 0 Å². The van der Waals surface area contributed by atoms with E-state index in [-0.39, 0.29) is 24.8 Å². The molecule has 0 bridgehead atoms. The molecule has 0 unspecified atom stereocenters. The quantitative estimate of drug-likeness (QED) is 0.330. The van der Waals surface area contributed by atoms with Crippen LogP contribution in [0.3, 0.4) is 0 Å². The summed E-state index contributed by atoms with van der Waals surface area (Å²) in [5, 5.41) is 7.62. The van der Waals surface area contributed by atoms with Crippen LogP contribution in [0.25, 0.3) is 0 Å². The van der Waals surface area contributed by atoms with E-state index in [1.165, 1.54) is 6.21 Å². The van der Waals surface area contributed by atoms with Crippen LogP contribution in [0.15, 0.2) is 71.8 Å². The lowest BCUT2D eigenvalue weighted by molar-refractivity contribution is -0.120. The first-order valence-electron chi connectivity index (χ1n) is 9.44. The van der Waals surface area contributed by atoms with Crippen LogP contribution in [0.1, 0.15) is 11.1 Å². The summed E-state index contributed by atoms with van der Waals surface area (Å²) < 4.78 is 5.47. The highest BCUT2D eigenvalue weighted by atomic mass is 35.5. The standard InChI is InChI=1S/C23H18Cl3N3O3/c24-18-8-7-17(12-19(18)25)28-23(31)14-32-21-9-6-16(10-20(21)26)13-27-29-22(30)11-15-4-2-1-3-5-15/h1-10,12-13H,11,14H2,(H,28,31)(H,29,30)/b27-13+. The van der Waals surface area contributed by atoms with Crippen LogP contribution in [-0.2, 0) is 16.0 Å². The zero-order valence-electron chi connectivity index (χ0n) is 16.6. The van der Waals surface area contributed by atoms with Gasteiger partial charge in [0.15, 0.2) is 6.61 Å². The Bertz CT molecular complexity index is 1140. The number of rotatable bonds is 8. The molecule has 3 rings (SSSR count). The number of hydrazone groups is 1. The van der Waals surface area contributed by atoms with E-state index < -0.39 is 0 Å². The molecule has 0 aromatic heterocycles. The first-order chi connectivity index (χ1) is 15.4. The topological polar surface area (TPSA) is 79.8 Å². The molecule has 0 spiro atoms. The lowest BCUT2D eigenvalue weighted by atomic mass is 10.1. The molecule has 0 aliphatic rings. The monoisotopic (exact) mass is 489 g/mol. The van der Waals surface area contributed by atoms with Crippen molar-refractivity contribution in [3.05, 3.63) is 92.9 Å². The molecule has 0 fully saturated rings. The molecule has 9 heteroatoms. The van der Waals surface area contributed by atoms with Gasteiger partial charge in [-0.3, -0.25) is 9.59 Å². The Morgan fingerprint density at radius 3 is 2.38 bits per heavy atom. The average Bonchev–Trinajstić information content (AvgIpc) is 2.76. The largest absolute Gasteiger partial charge is 0.482 e. The van der Waals surface area contributed by atoms with E-state index >= 15 is 0 Å². The molecule has 0 aliphatic carbocycles. The van der Waals surface area contributed by atoms with Crippen LogP contribution in [-0.4, -0.2) is 24.6 Å². The SMILES string of the molecule is O=C(Cc1ccccc1)N/N=C/c1ccc(OCC(=O)Nc2ccc(Cl)c(Cl)c2)c(Cl)c1. The molecule has 3 aromatic rings. The summed E-state index contributed by atoms with van der Waals surface area (Å²) in [7, 11) is 0. The van der Waals surface area contributed by atoms with Crippen LogP contribution in [0, 0.1) is 0 Å². The highest BCUT2D eigenvalue weighted by Gasteiger charge is 2.08. The van der Waals surface area contributed by atoms with Crippen molar-refractivity contribution in [3.8, 4) is 5.75 Å². The second-order valence-corrected chi connectivity index (χ2v) is 7.83. The van der Waals surface area contributed by atoms with Gasteiger partial charge in [-0.15, -0.1) is 0 Å². The Balaban J connectivity index is 1.48. The number of anilines is 1. The molecule has 0 saturated carbocycles. The zero-order chi connectivity index (χ0) is 22.9. The van der Waals surface area contributed by atoms with Gasteiger partial charge in [0, 0.05) is 5.69 Å². The van der Waals surface area contributed by atoms with Gasteiger partial charge < -0.3 is 10.1 Å². The summed E-state index contributed by atoms with van der Waals surface area (Å²) in [6, 6.07) is 19.0. The van der Waals surface area contributed by atoms with Gasteiger partial charge in [-0.05, 0) is 47.5 Å². The predicted molar refractivity (Wildman–Crippen MR) is 128 cm³/mol. The fourth-order valence-corrected chi connectivity index (χ4v) is 3.17. The average molecular weight is 491 g/mol. The zero-order valence-corrected chi connectivity index (χ0v) is 18.9. The molecule has 32 heavy (non-hydrogen) atoms. The summed E-state index contributed by atoms with van der Waals surface area (Å²) in [5.41, 5.74) is 4.52. The van der Waals surface area contributed by atoms with E-state index in [1.807, 2.05) is 30.3 Å². The van der Waals surface area contributed by atoms with Crippen molar-refractivity contribution in [1.82, 2.24) is 5.43 Å². The van der Waals surface area contributed by atoms with Gasteiger partial charge in [-0.25, -0.2) is 5.43 Å². The van der Waals surface area contributed by atoms with E-state index in [0.717, 1.165) is 5.56 Å². The van der Waals surface area contributed by atoms with Gasteiger partial charge in [0.1, 0.15) is 5.75 Å². The molecule has 0 radical (unpaired) electrons. The van der Waals surface area contributed by atoms with Crippen molar-refractivity contribution >= 4 is 58.5 Å². The molecule has 164 valence electrons. The first-order valence-corrected chi connectivity index (χ1v) is 10.6. The van der Waals surface area contributed by atoms with Gasteiger partial charge in [-0.2, -0.15) is 5.10 Å². The fourth-order valence-electron chi connectivity index (χ4n) is 2.63. The Labute approximate surface area is 200 Å². The predicted octanol–water partition coefficient (Wildman–Crippen LogP) is 5.36. The lowest BCUT2D eigenvalue weighted by Crippen LogP contribution is -2.20. The Hall–Kier alpha value is -3.06. The maximum atomic E-state index is 12.1. The summed E-state index contributed by atoms with van der Waals surface area (Å²) in [6.07, 6.45) is 1.70. The maximum Gasteiger partial charge on any atom is 0.262 e. The molecule has 0 saturated heterocycles. The van der Waals surface area contributed by atoms with Gasteiger partial charge in [0.2, 0.25) is 5.91 Å². The summed E-state index contributed by atoms with van der Waals surface area (Å²) in [5.74, 6) is -0.279. The van der Waals surface area contributed by atoms with Crippen molar-refractivity contribution in [2.24, 2.45) is 5.10 Å². The third-order valence-corrected chi connectivity index (χ3v) is 5.16. The smallest absolute Gasteiger partial charge is 0.262 e. The van der Waals surface area contributed by atoms with Crippen LogP contribution in [0.5, 0.6) is 5.75 Å². The molecule has 2 amide bonds. The van der Waals surface area contributed by atoms with Gasteiger partial charge >= 0.3 is 0 Å². The number of hydrogen-bond donors (Lipinski definition) is 2. The fraction of sp³-hybridized carbons (Fsp3) is 0.0870. The molecular weight excluding hydrogens is 473 g/mol. The number of halogens is 3. The Kier molecular flexibility index (Phi) is 8.50. The molecule has 2 N–H and O–H groups in total. The van der Waals surface area contributed by atoms with Crippen molar-refractivity contribution in [2.45, 2.75) is 6.42 Å². The van der Waals surface area contributed by atoms with Crippen LogP contribution < -0.4 is 15.5 Å². The van der Waals surface area contributed by atoms with E-state index in [0.29, 0.717) is 32.1 Å². The normalized spacial score (nSPS) is 10.7. The lowest BCUT2D eigenvalue weighted by Gasteiger charge is -2.10. The van der Waals surface area contributed by atoms with Crippen molar-refractivity contribution in [2.75, 3.05) is 11.9 Å². The number of carbonyl (C=O) groups excluding carboxylic acids is 2. The van der Waals surface area contributed by atoms with E-state index in [2.05, 4.69) is 15.8 Å². The minimum absolute atomic E-state index is 0.230. The van der Waals surface area contributed by atoms with E-state index in [9.17, 15) is 9.59 Å². The van der Waals surface area contributed by atoms with E-state index in [4.69, 9.17) is 39.5 Å². The maximum absolute atomic E-state index is 12.1. The van der Waals surface area contributed by atoms with Crippen LogP contribution in [0.4, 0.5) is 5.69 Å². The number of carbonyl (C=O) groups is 2. The Morgan fingerprint density at radius 1 is 0.875 bits per heavy atom. The minimum Gasteiger partial charge on any atom is -0.482 e. The van der Waals surface area contributed by atoms with Crippen molar-refractivity contribution in [1.29, 1.82) is 0 Å². The molecule has 0 aliphatic heterocycles. The van der Waals surface area contributed by atoms with Gasteiger partial charge in [-0.1, -0.05) is 65.1 Å². The summed E-state index contributed by atoms with van der Waals surface area (Å²) in [6.45, 7) is -0.247. The van der Waals surface area contributed by atoms with Gasteiger partial charge in [0.25, 0.3) is 5.91 Å². The number of benzene rings is 3. The minimum atomic E-state index is -0.383. The second-order valence-electron chi connectivity index (χ2n) is 6.61. The highest BCUT2D eigenvalue weighted by Crippen LogP contribution is 2.26. The molecule has 3 aromatic carbocycles. The summed E-state index contributed by atoms with van der Waals surface area (Å²) in [4.78, 5) is 24.0.